The second kappa shape index (κ2) is 6.91. The van der Waals surface area contributed by atoms with Gasteiger partial charge in [0, 0.05) is 31.1 Å². The van der Waals surface area contributed by atoms with Crippen LogP contribution in [0.1, 0.15) is 72.1 Å². The first kappa shape index (κ1) is 20.9. The van der Waals surface area contributed by atoms with Crippen molar-refractivity contribution >= 4 is 5.97 Å². The van der Waals surface area contributed by atoms with E-state index in [1.165, 1.54) is 13.3 Å². The van der Waals surface area contributed by atoms with Gasteiger partial charge in [-0.05, 0) is 61.7 Å². The molecule has 0 N–H and O–H groups in total. The molecule has 174 valence electrons. The second-order valence-electron chi connectivity index (χ2n) is 11.6. The first-order valence-electron chi connectivity index (χ1n) is 12.6. The summed E-state index contributed by atoms with van der Waals surface area (Å²) in [5.74, 6) is 0.836. The predicted octanol–water partition coefficient (Wildman–Crippen LogP) is 4.06. The molecule has 2 spiro atoms. The molecule has 6 aliphatic rings. The van der Waals surface area contributed by atoms with Crippen LogP contribution < -0.4 is 0 Å². The number of hydrogen-bond acceptors (Lipinski definition) is 6. The first-order chi connectivity index (χ1) is 14.8. The maximum absolute atomic E-state index is 11.6. The Morgan fingerprint density at radius 1 is 0.871 bits per heavy atom. The summed E-state index contributed by atoms with van der Waals surface area (Å²) in [6, 6.07) is 0. The summed E-state index contributed by atoms with van der Waals surface area (Å²) in [5, 5.41) is 0. The standard InChI is InChI=1S/C25H38O6/c1-16(26)31-18-4-7-22(2)17(14-18)15-24(27-10-11-28-24)21-19(22)5-8-23(3)20(21)6-9-25(23)29-12-13-30-25/h17-21H,4-15H2,1-3H3/t17-,18-,19-,20+,21+,22+,23+/m1/s1. The molecule has 2 heterocycles. The van der Waals surface area contributed by atoms with Crippen molar-refractivity contribution in [2.45, 2.75) is 89.8 Å². The number of fused-ring (bicyclic) bond motifs is 7. The fourth-order valence-corrected chi connectivity index (χ4v) is 9.17. The lowest BCUT2D eigenvalue weighted by Gasteiger charge is -2.65. The summed E-state index contributed by atoms with van der Waals surface area (Å²) in [5.41, 5.74) is 0.265. The van der Waals surface area contributed by atoms with Gasteiger partial charge >= 0.3 is 5.97 Å². The highest BCUT2D eigenvalue weighted by molar-refractivity contribution is 5.66. The van der Waals surface area contributed by atoms with E-state index in [2.05, 4.69) is 13.8 Å². The average Bonchev–Trinajstić information content (AvgIpc) is 3.45. The molecule has 6 nitrogen and oxygen atoms in total. The summed E-state index contributed by atoms with van der Waals surface area (Å²) in [6.07, 6.45) is 8.42. The van der Waals surface area contributed by atoms with Crippen molar-refractivity contribution in [3.8, 4) is 0 Å². The van der Waals surface area contributed by atoms with Crippen LogP contribution >= 0.6 is 0 Å². The minimum absolute atomic E-state index is 0.0190. The molecule has 4 saturated carbocycles. The number of hydrogen-bond donors (Lipinski definition) is 0. The maximum atomic E-state index is 11.6. The van der Waals surface area contributed by atoms with Crippen LogP contribution in [0.4, 0.5) is 0 Å². The van der Waals surface area contributed by atoms with Crippen molar-refractivity contribution in [1.82, 2.24) is 0 Å². The lowest BCUT2D eigenvalue weighted by Crippen LogP contribution is -2.65. The van der Waals surface area contributed by atoms with Crippen LogP contribution in [0.25, 0.3) is 0 Å². The van der Waals surface area contributed by atoms with Gasteiger partial charge in [-0.2, -0.15) is 0 Å². The Kier molecular flexibility index (Phi) is 4.65. The molecular formula is C25H38O6. The van der Waals surface area contributed by atoms with Crippen LogP contribution in [0.5, 0.6) is 0 Å². The SMILES string of the molecule is CC(=O)O[C@@H]1CC[C@@]2(C)[C@H](C1)CC1(OCCO1)[C@H]1[C@H]2CC[C@@]2(C)[C@H]1CCC21OCCO1. The van der Waals surface area contributed by atoms with E-state index in [9.17, 15) is 4.79 Å². The molecule has 0 aromatic heterocycles. The van der Waals surface area contributed by atoms with E-state index in [0.29, 0.717) is 50.1 Å². The number of esters is 1. The van der Waals surface area contributed by atoms with Gasteiger partial charge in [-0.1, -0.05) is 13.8 Å². The minimum atomic E-state index is -0.497. The van der Waals surface area contributed by atoms with Gasteiger partial charge in [0.2, 0.25) is 0 Å². The molecule has 0 radical (unpaired) electrons. The molecule has 7 atom stereocenters. The lowest BCUT2D eigenvalue weighted by atomic mass is 9.43. The van der Waals surface area contributed by atoms with E-state index in [4.69, 9.17) is 23.7 Å². The summed E-state index contributed by atoms with van der Waals surface area (Å²) in [6.45, 7) is 9.25. The van der Waals surface area contributed by atoms with Crippen molar-refractivity contribution in [1.29, 1.82) is 0 Å². The first-order valence-corrected chi connectivity index (χ1v) is 12.6. The molecule has 0 bridgehead atoms. The number of carbonyl (C=O) groups excluding carboxylic acids is 1. The highest BCUT2D eigenvalue weighted by Gasteiger charge is 2.72. The Morgan fingerprint density at radius 3 is 2.26 bits per heavy atom. The summed E-state index contributed by atoms with van der Waals surface area (Å²) in [4.78, 5) is 11.6. The number of rotatable bonds is 1. The van der Waals surface area contributed by atoms with Crippen molar-refractivity contribution < 1.29 is 28.5 Å². The van der Waals surface area contributed by atoms with Crippen LogP contribution in [0.3, 0.4) is 0 Å². The molecule has 0 amide bonds. The average molecular weight is 435 g/mol. The van der Waals surface area contributed by atoms with Crippen molar-refractivity contribution in [3.63, 3.8) is 0 Å². The smallest absolute Gasteiger partial charge is 0.302 e. The van der Waals surface area contributed by atoms with Crippen molar-refractivity contribution in [2.24, 2.45) is 34.5 Å². The van der Waals surface area contributed by atoms with Gasteiger partial charge in [-0.25, -0.2) is 0 Å². The monoisotopic (exact) mass is 434 g/mol. The van der Waals surface area contributed by atoms with Gasteiger partial charge in [0.1, 0.15) is 6.10 Å². The van der Waals surface area contributed by atoms with E-state index in [1.54, 1.807) is 0 Å². The highest BCUT2D eigenvalue weighted by atomic mass is 16.7. The van der Waals surface area contributed by atoms with E-state index >= 15 is 0 Å². The lowest BCUT2D eigenvalue weighted by molar-refractivity contribution is -0.317. The molecule has 6 fully saturated rings. The van der Waals surface area contributed by atoms with E-state index in [1.807, 2.05) is 0 Å². The van der Waals surface area contributed by atoms with Crippen LogP contribution in [-0.2, 0) is 28.5 Å². The molecule has 6 rings (SSSR count). The second-order valence-corrected chi connectivity index (χ2v) is 11.6. The van der Waals surface area contributed by atoms with Crippen molar-refractivity contribution in [2.75, 3.05) is 26.4 Å². The molecule has 0 aromatic carbocycles. The Labute approximate surface area is 185 Å². The van der Waals surface area contributed by atoms with Gasteiger partial charge in [-0.15, -0.1) is 0 Å². The van der Waals surface area contributed by atoms with Gasteiger partial charge in [0.15, 0.2) is 11.6 Å². The minimum Gasteiger partial charge on any atom is -0.463 e. The van der Waals surface area contributed by atoms with Crippen LogP contribution in [0, 0.1) is 34.5 Å². The molecule has 2 aliphatic heterocycles. The number of carbonyl (C=O) groups is 1. The molecule has 6 heteroatoms. The zero-order valence-electron chi connectivity index (χ0n) is 19.3. The molecule has 2 saturated heterocycles. The Balaban J connectivity index is 1.36. The quantitative estimate of drug-likeness (QED) is 0.580. The fraction of sp³-hybridized carbons (Fsp3) is 0.960. The van der Waals surface area contributed by atoms with Crippen LogP contribution in [0.2, 0.25) is 0 Å². The summed E-state index contributed by atoms with van der Waals surface area (Å²) >= 11 is 0. The Hall–Kier alpha value is -0.690. The van der Waals surface area contributed by atoms with E-state index in [-0.39, 0.29) is 22.9 Å². The molecular weight excluding hydrogens is 396 g/mol. The third-order valence-electron chi connectivity index (χ3n) is 10.5. The van der Waals surface area contributed by atoms with Gasteiger partial charge in [-0.3, -0.25) is 4.79 Å². The maximum Gasteiger partial charge on any atom is 0.302 e. The van der Waals surface area contributed by atoms with Crippen LogP contribution in [-0.4, -0.2) is 50.1 Å². The summed E-state index contributed by atoms with van der Waals surface area (Å²) < 4.78 is 31.4. The van der Waals surface area contributed by atoms with Gasteiger partial charge in [0.05, 0.1) is 26.4 Å². The molecule has 0 aromatic rings. The zero-order valence-corrected chi connectivity index (χ0v) is 19.3. The fourth-order valence-electron chi connectivity index (χ4n) is 9.17. The Morgan fingerprint density at radius 2 is 1.55 bits per heavy atom. The number of ether oxygens (including phenoxy) is 5. The third kappa shape index (κ3) is 2.74. The predicted molar refractivity (Wildman–Crippen MR) is 112 cm³/mol. The highest BCUT2D eigenvalue weighted by Crippen LogP contribution is 2.72. The molecule has 31 heavy (non-hydrogen) atoms. The normalized spacial score (nSPS) is 49.6. The van der Waals surface area contributed by atoms with E-state index < -0.39 is 11.6 Å². The van der Waals surface area contributed by atoms with Gasteiger partial charge in [0.25, 0.3) is 0 Å². The van der Waals surface area contributed by atoms with Crippen LogP contribution in [0.15, 0.2) is 0 Å². The zero-order chi connectivity index (χ0) is 21.5. The summed E-state index contributed by atoms with van der Waals surface area (Å²) in [7, 11) is 0. The molecule has 0 unspecified atom stereocenters. The topological polar surface area (TPSA) is 63.2 Å². The van der Waals surface area contributed by atoms with Crippen molar-refractivity contribution in [3.05, 3.63) is 0 Å². The van der Waals surface area contributed by atoms with E-state index in [0.717, 1.165) is 44.9 Å². The third-order valence-corrected chi connectivity index (χ3v) is 10.5. The molecule has 4 aliphatic carbocycles. The Bertz CT molecular complexity index is 740. The largest absolute Gasteiger partial charge is 0.463 e. The van der Waals surface area contributed by atoms with Gasteiger partial charge < -0.3 is 23.7 Å².